The predicted octanol–water partition coefficient (Wildman–Crippen LogP) is 6.05. The van der Waals surface area contributed by atoms with Crippen LogP contribution >= 0.6 is 0 Å². The molecular formula is C32H37F7N4O5. The van der Waals surface area contributed by atoms with Crippen molar-refractivity contribution in [3.8, 4) is 11.3 Å². The van der Waals surface area contributed by atoms with Crippen LogP contribution in [0, 0.1) is 0 Å². The molecule has 5 rings (SSSR count). The molecule has 2 heterocycles. The molecule has 3 aromatic rings. The standard InChI is InChI=1S/C28H35FN4O.2C2HF3O2/c1-31(2)13-14-32-15-16-33-25-17-19(28(30)34)11-12-23(25)26(22-9-5-6-10-24(22)29)27(33)21-8-4-3-7-20(21)18-32;2*3-2(4,5)1(6)7/h3-4,7-8,11-12,17,22,24H,5-6,9-10,13-16,18H2,1-2H3,(H2,30,34);2*(H,6,7)/t22-,24-;;/m0../s1. The highest BCUT2D eigenvalue weighted by Crippen LogP contribution is 2.46. The summed E-state index contributed by atoms with van der Waals surface area (Å²) in [4.78, 5) is 34.5. The SMILES string of the molecule is CN(C)CCN1CCn2c(c([C@H]3CCCC[C@@H]3F)c3ccc(C(N)=O)cc32)-c2ccccc2C1.O=C(O)C(F)(F)F.O=C(O)C(F)(F)F. The highest BCUT2D eigenvalue weighted by Gasteiger charge is 2.39. The number of carboxylic acids is 2. The van der Waals surface area contributed by atoms with Gasteiger partial charge in [0.25, 0.3) is 0 Å². The summed E-state index contributed by atoms with van der Waals surface area (Å²) in [6.07, 6.45) is -7.52. The quantitative estimate of drug-likeness (QED) is 0.278. The fraction of sp³-hybridized carbons (Fsp3) is 0.469. The number of benzene rings is 2. The van der Waals surface area contributed by atoms with E-state index in [-0.39, 0.29) is 5.92 Å². The van der Waals surface area contributed by atoms with Gasteiger partial charge < -0.3 is 25.4 Å². The summed E-state index contributed by atoms with van der Waals surface area (Å²) in [6.45, 7) is 4.53. The zero-order chi connectivity index (χ0) is 36.0. The lowest BCUT2D eigenvalue weighted by molar-refractivity contribution is -0.193. The molecule has 1 amide bonds. The van der Waals surface area contributed by atoms with Crippen LogP contribution in [0.15, 0.2) is 42.5 Å². The van der Waals surface area contributed by atoms with Crippen molar-refractivity contribution in [2.24, 2.45) is 5.73 Å². The molecule has 4 N–H and O–H groups in total. The summed E-state index contributed by atoms with van der Waals surface area (Å²) < 4.78 is 81.2. The molecule has 1 aromatic heterocycles. The fourth-order valence-electron chi connectivity index (χ4n) is 5.82. The lowest BCUT2D eigenvalue weighted by atomic mass is 9.80. The zero-order valence-corrected chi connectivity index (χ0v) is 26.2. The molecule has 0 spiro atoms. The number of fused-ring (bicyclic) bond motifs is 5. The van der Waals surface area contributed by atoms with Gasteiger partial charge in [-0.2, -0.15) is 26.3 Å². The van der Waals surface area contributed by atoms with Crippen LogP contribution in [-0.4, -0.2) is 94.7 Å². The van der Waals surface area contributed by atoms with Crippen molar-refractivity contribution in [2.75, 3.05) is 33.7 Å². The minimum atomic E-state index is -5.08. The lowest BCUT2D eigenvalue weighted by Crippen LogP contribution is -2.35. The van der Waals surface area contributed by atoms with Crippen molar-refractivity contribution < 1.29 is 55.3 Å². The maximum absolute atomic E-state index is 15.4. The molecule has 48 heavy (non-hydrogen) atoms. The smallest absolute Gasteiger partial charge is 0.475 e. The Morgan fingerprint density at radius 3 is 2.04 bits per heavy atom. The fourth-order valence-corrected chi connectivity index (χ4v) is 5.82. The average molecular weight is 691 g/mol. The second-order valence-electron chi connectivity index (χ2n) is 11.8. The maximum atomic E-state index is 15.4. The van der Waals surface area contributed by atoms with Gasteiger partial charge in [-0.15, -0.1) is 0 Å². The van der Waals surface area contributed by atoms with E-state index in [4.69, 9.17) is 25.5 Å². The maximum Gasteiger partial charge on any atom is 0.490 e. The van der Waals surface area contributed by atoms with Crippen LogP contribution < -0.4 is 5.73 Å². The molecule has 0 radical (unpaired) electrons. The summed E-state index contributed by atoms with van der Waals surface area (Å²) in [5.74, 6) is -6.07. The van der Waals surface area contributed by atoms with Gasteiger partial charge in [0, 0.05) is 60.7 Å². The molecule has 264 valence electrons. The second-order valence-corrected chi connectivity index (χ2v) is 11.8. The number of carbonyl (C=O) groups excluding carboxylic acids is 1. The number of hydrogen-bond acceptors (Lipinski definition) is 5. The molecule has 9 nitrogen and oxygen atoms in total. The van der Waals surface area contributed by atoms with Gasteiger partial charge in [-0.05, 0) is 50.2 Å². The van der Waals surface area contributed by atoms with E-state index in [1.54, 1.807) is 6.07 Å². The van der Waals surface area contributed by atoms with Gasteiger partial charge in [-0.25, -0.2) is 14.0 Å². The van der Waals surface area contributed by atoms with Crippen molar-refractivity contribution in [1.82, 2.24) is 14.4 Å². The summed E-state index contributed by atoms with van der Waals surface area (Å²) in [5, 5.41) is 15.3. The van der Waals surface area contributed by atoms with Crippen molar-refractivity contribution in [2.45, 2.75) is 63.2 Å². The summed E-state index contributed by atoms with van der Waals surface area (Å²) >= 11 is 0. The van der Waals surface area contributed by atoms with Crippen LogP contribution in [0.3, 0.4) is 0 Å². The second kappa shape index (κ2) is 15.8. The van der Waals surface area contributed by atoms with Crippen molar-refractivity contribution in [3.63, 3.8) is 0 Å². The Labute approximate surface area is 271 Å². The van der Waals surface area contributed by atoms with E-state index in [0.29, 0.717) is 12.0 Å². The van der Waals surface area contributed by atoms with Crippen molar-refractivity contribution >= 4 is 28.7 Å². The topological polar surface area (TPSA) is 129 Å². The molecule has 2 aromatic carbocycles. The Morgan fingerprint density at radius 1 is 0.917 bits per heavy atom. The molecule has 0 unspecified atom stereocenters. The predicted molar refractivity (Wildman–Crippen MR) is 163 cm³/mol. The Morgan fingerprint density at radius 2 is 1.50 bits per heavy atom. The van der Waals surface area contributed by atoms with Gasteiger partial charge in [0.2, 0.25) is 5.91 Å². The number of aromatic nitrogens is 1. The number of nitrogens with zero attached hydrogens (tertiary/aromatic N) is 3. The number of nitrogens with two attached hydrogens (primary N) is 1. The first-order valence-electron chi connectivity index (χ1n) is 15.0. The Balaban J connectivity index is 0.000000376. The van der Waals surface area contributed by atoms with E-state index in [0.717, 1.165) is 74.1 Å². The molecule has 0 bridgehead atoms. The van der Waals surface area contributed by atoms with Gasteiger partial charge >= 0.3 is 24.3 Å². The molecule has 0 saturated heterocycles. The number of primary amides is 1. The third kappa shape index (κ3) is 9.69. The minimum absolute atomic E-state index is 0.121. The highest BCUT2D eigenvalue weighted by atomic mass is 19.4. The number of aliphatic carboxylic acids is 2. The Kier molecular flexibility index (Phi) is 12.6. The van der Waals surface area contributed by atoms with Gasteiger partial charge in [-0.1, -0.05) is 43.2 Å². The molecule has 1 fully saturated rings. The average Bonchev–Trinajstić information content (AvgIpc) is 3.30. The number of carboxylic acid groups (broad SMARTS) is 2. The first-order valence-corrected chi connectivity index (χ1v) is 15.0. The van der Waals surface area contributed by atoms with Crippen molar-refractivity contribution in [3.05, 3.63) is 59.2 Å². The molecule has 2 atom stereocenters. The van der Waals surface area contributed by atoms with E-state index in [1.165, 1.54) is 11.1 Å². The Bertz CT molecular complexity index is 1580. The van der Waals surface area contributed by atoms with E-state index in [9.17, 15) is 31.1 Å². The third-order valence-corrected chi connectivity index (χ3v) is 8.10. The number of halogens is 7. The number of amides is 1. The first kappa shape index (κ1) is 38.3. The van der Waals surface area contributed by atoms with Gasteiger partial charge in [0.05, 0.1) is 5.69 Å². The normalized spacial score (nSPS) is 18.3. The Hall–Kier alpha value is -4.18. The highest BCUT2D eigenvalue weighted by molar-refractivity contribution is 6.00. The van der Waals surface area contributed by atoms with Crippen LogP contribution in [0.2, 0.25) is 0 Å². The number of rotatable bonds is 5. The summed E-state index contributed by atoms with van der Waals surface area (Å²) in [7, 11) is 4.20. The number of alkyl halides is 7. The number of hydrogen-bond donors (Lipinski definition) is 3. The molecular weight excluding hydrogens is 653 g/mol. The van der Waals surface area contributed by atoms with E-state index < -0.39 is 36.4 Å². The van der Waals surface area contributed by atoms with Gasteiger partial charge in [0.15, 0.2) is 0 Å². The van der Waals surface area contributed by atoms with Crippen LogP contribution in [0.1, 0.15) is 53.1 Å². The molecule has 1 aliphatic carbocycles. The largest absolute Gasteiger partial charge is 0.490 e. The number of likely N-dealkylation sites (N-methyl/N-ethyl adjacent to an activating group) is 1. The molecule has 16 heteroatoms. The van der Waals surface area contributed by atoms with Crippen LogP contribution in [0.5, 0.6) is 0 Å². The van der Waals surface area contributed by atoms with Gasteiger partial charge in [0.1, 0.15) is 6.17 Å². The molecule has 1 aliphatic heterocycles. The van der Waals surface area contributed by atoms with E-state index in [2.05, 4.69) is 52.7 Å². The monoisotopic (exact) mass is 690 g/mol. The van der Waals surface area contributed by atoms with E-state index in [1.807, 2.05) is 12.1 Å². The third-order valence-electron chi connectivity index (χ3n) is 8.10. The van der Waals surface area contributed by atoms with E-state index >= 15 is 4.39 Å². The van der Waals surface area contributed by atoms with Crippen LogP contribution in [0.25, 0.3) is 22.2 Å². The first-order chi connectivity index (χ1) is 22.3. The lowest BCUT2D eigenvalue weighted by Gasteiger charge is -2.31. The van der Waals surface area contributed by atoms with Gasteiger partial charge in [-0.3, -0.25) is 9.69 Å². The minimum Gasteiger partial charge on any atom is -0.475 e. The number of carbonyl (C=O) groups is 3. The molecule has 1 saturated carbocycles. The van der Waals surface area contributed by atoms with Crippen LogP contribution in [0.4, 0.5) is 30.7 Å². The zero-order valence-electron chi connectivity index (χ0n) is 26.2. The van der Waals surface area contributed by atoms with Crippen LogP contribution in [-0.2, 0) is 22.7 Å². The van der Waals surface area contributed by atoms with Crippen molar-refractivity contribution in [1.29, 1.82) is 0 Å². The summed E-state index contributed by atoms with van der Waals surface area (Å²) in [5.41, 5.74) is 11.8. The summed E-state index contributed by atoms with van der Waals surface area (Å²) in [6, 6.07) is 14.3. The molecule has 2 aliphatic rings.